The number of rotatable bonds is 3. The molecule has 0 unspecified atom stereocenters. The van der Waals surface area contributed by atoms with E-state index in [1.54, 1.807) is 20.0 Å². The maximum absolute atomic E-state index is 9.98. The number of aromatic nitrogens is 2. The molecular formula is C10H16BrN3O. The Morgan fingerprint density at radius 1 is 1.33 bits per heavy atom. The zero-order valence-corrected chi connectivity index (χ0v) is 11.0. The fraction of sp³-hybridized carbons (Fsp3) is 0.600. The number of anilines is 1. The van der Waals surface area contributed by atoms with E-state index in [0.717, 1.165) is 4.47 Å². The number of nitrogens with one attached hydrogen (secondary N) is 1. The molecule has 0 aliphatic rings. The van der Waals surface area contributed by atoms with Crippen molar-refractivity contribution in [2.45, 2.75) is 38.8 Å². The van der Waals surface area contributed by atoms with Crippen molar-refractivity contribution in [3.8, 4) is 0 Å². The van der Waals surface area contributed by atoms with Crippen LogP contribution in [0.4, 0.5) is 5.82 Å². The highest BCUT2D eigenvalue weighted by atomic mass is 79.9. The second kappa shape index (κ2) is 4.06. The van der Waals surface area contributed by atoms with Gasteiger partial charge in [-0.15, -0.1) is 0 Å². The molecule has 0 spiro atoms. The average molecular weight is 274 g/mol. The first kappa shape index (κ1) is 12.4. The molecule has 0 saturated carbocycles. The summed E-state index contributed by atoms with van der Waals surface area (Å²) >= 11 is 3.35. The van der Waals surface area contributed by atoms with Crippen molar-refractivity contribution in [2.24, 2.45) is 0 Å². The van der Waals surface area contributed by atoms with E-state index in [1.807, 2.05) is 13.8 Å². The van der Waals surface area contributed by atoms with Gasteiger partial charge in [0, 0.05) is 6.20 Å². The minimum Gasteiger partial charge on any atom is -0.388 e. The summed E-state index contributed by atoms with van der Waals surface area (Å²) in [5.41, 5.74) is -1.33. The SMILES string of the molecule is CC(C)(O)C(C)(C)Nc1ncncc1Br. The van der Waals surface area contributed by atoms with Gasteiger partial charge in [0.25, 0.3) is 0 Å². The number of hydrogen-bond donors (Lipinski definition) is 2. The molecule has 1 aromatic heterocycles. The maximum atomic E-state index is 9.98. The van der Waals surface area contributed by atoms with Crippen molar-refractivity contribution < 1.29 is 5.11 Å². The van der Waals surface area contributed by atoms with Gasteiger partial charge >= 0.3 is 0 Å². The second-order valence-corrected chi connectivity index (χ2v) is 5.38. The largest absolute Gasteiger partial charge is 0.388 e. The summed E-state index contributed by atoms with van der Waals surface area (Å²) in [6.45, 7) is 7.35. The average Bonchev–Trinajstić information content (AvgIpc) is 2.06. The molecule has 0 bridgehead atoms. The summed E-state index contributed by atoms with van der Waals surface area (Å²) in [6.07, 6.45) is 3.13. The standard InChI is InChI=1S/C10H16BrN3O/c1-9(2,10(3,4)15)14-8-7(11)5-12-6-13-8/h5-6,15H,1-4H3,(H,12,13,14). The van der Waals surface area contributed by atoms with Crippen LogP contribution in [0.5, 0.6) is 0 Å². The molecule has 1 aromatic rings. The molecule has 0 saturated heterocycles. The Bertz CT molecular complexity index is 347. The van der Waals surface area contributed by atoms with Crippen LogP contribution in [0.1, 0.15) is 27.7 Å². The fourth-order valence-corrected chi connectivity index (χ4v) is 1.17. The van der Waals surface area contributed by atoms with Crippen molar-refractivity contribution in [1.82, 2.24) is 9.97 Å². The van der Waals surface area contributed by atoms with Gasteiger partial charge in [-0.1, -0.05) is 0 Å². The molecule has 0 amide bonds. The van der Waals surface area contributed by atoms with E-state index in [2.05, 4.69) is 31.2 Å². The lowest BCUT2D eigenvalue weighted by molar-refractivity contribution is 0.0238. The lowest BCUT2D eigenvalue weighted by Crippen LogP contribution is -2.51. The Hall–Kier alpha value is -0.680. The van der Waals surface area contributed by atoms with E-state index in [0.29, 0.717) is 5.82 Å². The predicted molar refractivity (Wildman–Crippen MR) is 63.7 cm³/mol. The first-order chi connectivity index (χ1) is 6.74. The van der Waals surface area contributed by atoms with Gasteiger partial charge in [-0.2, -0.15) is 0 Å². The third kappa shape index (κ3) is 2.89. The Morgan fingerprint density at radius 3 is 2.40 bits per heavy atom. The monoisotopic (exact) mass is 273 g/mol. The zero-order chi connectivity index (χ0) is 11.7. The van der Waals surface area contributed by atoms with Crippen molar-refractivity contribution in [1.29, 1.82) is 0 Å². The van der Waals surface area contributed by atoms with E-state index in [1.165, 1.54) is 6.33 Å². The summed E-state index contributed by atoms with van der Waals surface area (Å²) in [6, 6.07) is 0. The number of nitrogens with zero attached hydrogens (tertiary/aromatic N) is 2. The molecule has 84 valence electrons. The van der Waals surface area contributed by atoms with Crippen molar-refractivity contribution in [3.63, 3.8) is 0 Å². The summed E-state index contributed by atoms with van der Waals surface area (Å²) in [7, 11) is 0. The van der Waals surface area contributed by atoms with Crippen LogP contribution in [0.25, 0.3) is 0 Å². The normalized spacial score (nSPS) is 12.7. The summed E-state index contributed by atoms with van der Waals surface area (Å²) < 4.78 is 0.780. The number of aliphatic hydroxyl groups is 1. The van der Waals surface area contributed by atoms with E-state index >= 15 is 0 Å². The van der Waals surface area contributed by atoms with Crippen LogP contribution < -0.4 is 5.32 Å². The molecule has 0 radical (unpaired) electrons. The van der Waals surface area contributed by atoms with Gasteiger partial charge in [0.1, 0.15) is 12.1 Å². The molecule has 0 aliphatic heterocycles. The van der Waals surface area contributed by atoms with Gasteiger partial charge in [-0.25, -0.2) is 9.97 Å². The van der Waals surface area contributed by atoms with Gasteiger partial charge in [0.2, 0.25) is 0 Å². The molecule has 0 fully saturated rings. The summed E-state index contributed by atoms with van der Waals surface area (Å²) in [5.74, 6) is 0.678. The second-order valence-electron chi connectivity index (χ2n) is 4.53. The van der Waals surface area contributed by atoms with Gasteiger partial charge < -0.3 is 10.4 Å². The van der Waals surface area contributed by atoms with Gasteiger partial charge in [0.05, 0.1) is 15.6 Å². The highest BCUT2D eigenvalue weighted by molar-refractivity contribution is 9.10. The zero-order valence-electron chi connectivity index (χ0n) is 9.37. The summed E-state index contributed by atoms with van der Waals surface area (Å²) in [4.78, 5) is 7.97. The van der Waals surface area contributed by atoms with Crippen LogP contribution in [0.3, 0.4) is 0 Å². The maximum Gasteiger partial charge on any atom is 0.144 e. The van der Waals surface area contributed by atoms with E-state index < -0.39 is 11.1 Å². The number of hydrogen-bond acceptors (Lipinski definition) is 4. The molecule has 4 nitrogen and oxygen atoms in total. The molecule has 2 N–H and O–H groups in total. The molecular weight excluding hydrogens is 258 g/mol. The van der Waals surface area contributed by atoms with Crippen molar-refractivity contribution >= 4 is 21.7 Å². The smallest absolute Gasteiger partial charge is 0.144 e. The molecule has 0 aliphatic carbocycles. The van der Waals surface area contributed by atoms with Crippen LogP contribution in [-0.4, -0.2) is 26.2 Å². The quantitative estimate of drug-likeness (QED) is 0.887. The molecule has 15 heavy (non-hydrogen) atoms. The predicted octanol–water partition coefficient (Wildman–Crippen LogP) is 2.20. The fourth-order valence-electron chi connectivity index (χ4n) is 0.854. The Kier molecular flexibility index (Phi) is 3.35. The third-order valence-corrected chi connectivity index (χ3v) is 3.21. The topological polar surface area (TPSA) is 58.0 Å². The van der Waals surface area contributed by atoms with Gasteiger partial charge in [-0.3, -0.25) is 0 Å². The van der Waals surface area contributed by atoms with Crippen LogP contribution in [0.2, 0.25) is 0 Å². The minimum atomic E-state index is -0.850. The van der Waals surface area contributed by atoms with Crippen LogP contribution >= 0.6 is 15.9 Å². The molecule has 1 rings (SSSR count). The van der Waals surface area contributed by atoms with Crippen LogP contribution in [0.15, 0.2) is 17.0 Å². The lowest BCUT2D eigenvalue weighted by Gasteiger charge is -2.38. The van der Waals surface area contributed by atoms with Crippen LogP contribution in [-0.2, 0) is 0 Å². The third-order valence-electron chi connectivity index (χ3n) is 2.63. The molecule has 1 heterocycles. The van der Waals surface area contributed by atoms with E-state index in [9.17, 15) is 5.11 Å². The molecule has 0 aromatic carbocycles. The first-order valence-corrected chi connectivity index (χ1v) is 5.49. The van der Waals surface area contributed by atoms with Crippen molar-refractivity contribution in [2.75, 3.05) is 5.32 Å². The highest BCUT2D eigenvalue weighted by Crippen LogP contribution is 2.27. The Balaban J connectivity index is 2.92. The summed E-state index contributed by atoms with van der Waals surface area (Å²) in [5, 5.41) is 13.2. The highest BCUT2D eigenvalue weighted by Gasteiger charge is 2.35. The Labute approximate surface area is 98.3 Å². The van der Waals surface area contributed by atoms with Gasteiger partial charge in [0.15, 0.2) is 0 Å². The van der Waals surface area contributed by atoms with E-state index in [4.69, 9.17) is 0 Å². The molecule has 0 atom stereocenters. The van der Waals surface area contributed by atoms with Crippen molar-refractivity contribution in [3.05, 3.63) is 17.0 Å². The van der Waals surface area contributed by atoms with Crippen LogP contribution in [0, 0.1) is 0 Å². The first-order valence-electron chi connectivity index (χ1n) is 4.70. The van der Waals surface area contributed by atoms with Gasteiger partial charge in [-0.05, 0) is 43.6 Å². The number of halogens is 1. The van der Waals surface area contributed by atoms with E-state index in [-0.39, 0.29) is 0 Å². The Morgan fingerprint density at radius 2 is 1.93 bits per heavy atom. The molecule has 5 heteroatoms. The minimum absolute atomic E-state index is 0.482. The lowest BCUT2D eigenvalue weighted by atomic mass is 9.86.